The Bertz CT molecular complexity index is 665. The predicted octanol–water partition coefficient (Wildman–Crippen LogP) is 3.62. The summed E-state index contributed by atoms with van der Waals surface area (Å²) in [5, 5.41) is 3.48. The number of fused-ring (bicyclic) bond motifs is 1. The highest BCUT2D eigenvalue weighted by molar-refractivity contribution is 6.14. The number of aryl methyl sites for hydroxylation is 1. The van der Waals surface area contributed by atoms with Gasteiger partial charge in [-0.05, 0) is 36.8 Å². The summed E-state index contributed by atoms with van der Waals surface area (Å²) in [6.45, 7) is 3.85. The minimum absolute atomic E-state index is 0.0753. The van der Waals surface area contributed by atoms with Crippen molar-refractivity contribution in [1.29, 1.82) is 0 Å². The molecule has 23 heavy (non-hydrogen) atoms. The molecule has 120 valence electrons. The standard InChI is InChI=1S/C17H19N3O3/c1-2-12-23-16(22)17(9-5-11-19-20-18)10-8-13-6-3-4-7-14(13)15(17)21/h2-4,6-7H,1,5,8-12H2/t17-/m0/s1. The normalized spacial score (nSPS) is 19.4. The van der Waals surface area contributed by atoms with Crippen LogP contribution < -0.4 is 0 Å². The van der Waals surface area contributed by atoms with Gasteiger partial charge in [-0.3, -0.25) is 9.59 Å². The highest BCUT2D eigenvalue weighted by Crippen LogP contribution is 2.40. The molecule has 0 fully saturated rings. The number of carbonyl (C=O) groups is 2. The Balaban J connectivity index is 2.30. The Morgan fingerprint density at radius 2 is 2.26 bits per heavy atom. The lowest BCUT2D eigenvalue weighted by atomic mass is 9.68. The molecular weight excluding hydrogens is 294 g/mol. The van der Waals surface area contributed by atoms with E-state index in [0.717, 1.165) is 5.56 Å². The molecule has 0 unspecified atom stereocenters. The van der Waals surface area contributed by atoms with E-state index in [1.807, 2.05) is 12.1 Å². The summed E-state index contributed by atoms with van der Waals surface area (Å²) in [5.74, 6) is -0.716. The Morgan fingerprint density at radius 3 is 3.00 bits per heavy atom. The van der Waals surface area contributed by atoms with Crippen molar-refractivity contribution in [2.75, 3.05) is 13.2 Å². The van der Waals surface area contributed by atoms with Crippen LogP contribution in [0.4, 0.5) is 0 Å². The first kappa shape index (κ1) is 16.8. The van der Waals surface area contributed by atoms with Crippen LogP contribution >= 0.6 is 0 Å². The molecule has 0 aromatic heterocycles. The quantitative estimate of drug-likeness (QED) is 0.146. The molecule has 0 radical (unpaired) electrons. The maximum atomic E-state index is 13.0. The number of benzene rings is 1. The molecule has 1 atom stereocenters. The topological polar surface area (TPSA) is 92.1 Å². The molecule has 0 saturated carbocycles. The molecule has 0 saturated heterocycles. The second-order valence-electron chi connectivity index (χ2n) is 5.51. The number of hydrogen-bond donors (Lipinski definition) is 0. The third-order valence-corrected chi connectivity index (χ3v) is 4.17. The van der Waals surface area contributed by atoms with Crippen molar-refractivity contribution in [2.24, 2.45) is 10.5 Å². The second kappa shape index (κ2) is 7.61. The predicted molar refractivity (Wildman–Crippen MR) is 85.9 cm³/mol. The SMILES string of the molecule is C=CCOC(=O)[C@@]1(CCCN=[N+]=[N-])CCc2ccccc2C1=O. The van der Waals surface area contributed by atoms with Crippen LogP contribution in [-0.4, -0.2) is 24.9 Å². The first-order chi connectivity index (χ1) is 11.2. The third kappa shape index (κ3) is 3.43. The molecule has 1 aliphatic carbocycles. The molecular formula is C17H19N3O3. The van der Waals surface area contributed by atoms with Crippen LogP contribution in [0.25, 0.3) is 10.4 Å². The van der Waals surface area contributed by atoms with Gasteiger partial charge in [0.1, 0.15) is 12.0 Å². The first-order valence-electron chi connectivity index (χ1n) is 7.57. The van der Waals surface area contributed by atoms with Crippen molar-refractivity contribution in [3.05, 3.63) is 58.5 Å². The van der Waals surface area contributed by atoms with Crippen molar-refractivity contribution in [2.45, 2.75) is 25.7 Å². The van der Waals surface area contributed by atoms with Gasteiger partial charge in [0, 0.05) is 17.0 Å². The van der Waals surface area contributed by atoms with Crippen LogP contribution in [0.15, 0.2) is 42.0 Å². The number of ketones is 1. The van der Waals surface area contributed by atoms with Gasteiger partial charge in [-0.1, -0.05) is 42.0 Å². The third-order valence-electron chi connectivity index (χ3n) is 4.17. The van der Waals surface area contributed by atoms with Gasteiger partial charge >= 0.3 is 5.97 Å². The molecule has 0 N–H and O–H groups in total. The van der Waals surface area contributed by atoms with Crippen LogP contribution in [-0.2, 0) is 16.0 Å². The minimum atomic E-state index is -1.19. The van der Waals surface area contributed by atoms with E-state index in [1.54, 1.807) is 12.1 Å². The van der Waals surface area contributed by atoms with Crippen LogP contribution in [0.1, 0.15) is 35.2 Å². The van der Waals surface area contributed by atoms with Gasteiger partial charge in [-0.2, -0.15) is 0 Å². The number of esters is 1. The lowest BCUT2D eigenvalue weighted by molar-refractivity contribution is -0.152. The van der Waals surface area contributed by atoms with E-state index in [4.69, 9.17) is 10.3 Å². The zero-order chi connectivity index (χ0) is 16.7. The first-order valence-corrected chi connectivity index (χ1v) is 7.57. The fraction of sp³-hybridized carbons (Fsp3) is 0.412. The van der Waals surface area contributed by atoms with Crippen LogP contribution in [0.3, 0.4) is 0 Å². The van der Waals surface area contributed by atoms with Gasteiger partial charge < -0.3 is 4.74 Å². The minimum Gasteiger partial charge on any atom is -0.461 e. The van der Waals surface area contributed by atoms with Crippen LogP contribution in [0.5, 0.6) is 0 Å². The molecule has 1 aromatic rings. The molecule has 6 heteroatoms. The lowest BCUT2D eigenvalue weighted by Crippen LogP contribution is -2.44. The lowest BCUT2D eigenvalue weighted by Gasteiger charge is -2.34. The van der Waals surface area contributed by atoms with Gasteiger partial charge in [0.2, 0.25) is 0 Å². The zero-order valence-corrected chi connectivity index (χ0v) is 12.9. The molecule has 1 aromatic carbocycles. The van der Waals surface area contributed by atoms with E-state index < -0.39 is 11.4 Å². The number of ether oxygens (including phenoxy) is 1. The van der Waals surface area contributed by atoms with Crippen molar-refractivity contribution in [3.63, 3.8) is 0 Å². The van der Waals surface area contributed by atoms with Gasteiger partial charge in [0.05, 0.1) is 0 Å². The van der Waals surface area contributed by atoms with Crippen molar-refractivity contribution in [3.8, 4) is 0 Å². The number of nitrogens with zero attached hydrogens (tertiary/aromatic N) is 3. The number of Topliss-reactive ketones (excluding diaryl/α,β-unsaturated/α-hetero) is 1. The molecule has 0 bridgehead atoms. The van der Waals surface area contributed by atoms with E-state index in [-0.39, 0.29) is 18.9 Å². The smallest absolute Gasteiger partial charge is 0.320 e. The highest BCUT2D eigenvalue weighted by Gasteiger charge is 2.49. The number of azide groups is 1. The summed E-state index contributed by atoms with van der Waals surface area (Å²) in [6.07, 6.45) is 3.31. The summed E-state index contributed by atoms with van der Waals surface area (Å²) in [7, 11) is 0. The molecule has 6 nitrogen and oxygen atoms in total. The Kier molecular flexibility index (Phi) is 5.55. The van der Waals surface area contributed by atoms with Crippen LogP contribution in [0.2, 0.25) is 0 Å². The monoisotopic (exact) mass is 313 g/mol. The van der Waals surface area contributed by atoms with Crippen molar-refractivity contribution in [1.82, 2.24) is 0 Å². The fourth-order valence-corrected chi connectivity index (χ4v) is 2.98. The maximum absolute atomic E-state index is 13.0. The molecule has 0 spiro atoms. The zero-order valence-electron chi connectivity index (χ0n) is 12.9. The second-order valence-corrected chi connectivity index (χ2v) is 5.51. The largest absolute Gasteiger partial charge is 0.461 e. The summed E-state index contributed by atoms with van der Waals surface area (Å²) >= 11 is 0. The van der Waals surface area contributed by atoms with Gasteiger partial charge in [0.15, 0.2) is 5.78 Å². The van der Waals surface area contributed by atoms with Crippen molar-refractivity contribution >= 4 is 11.8 Å². The Hall–Kier alpha value is -2.59. The number of hydrogen-bond acceptors (Lipinski definition) is 4. The van der Waals surface area contributed by atoms with E-state index in [2.05, 4.69) is 16.6 Å². The average molecular weight is 313 g/mol. The van der Waals surface area contributed by atoms with E-state index in [1.165, 1.54) is 6.08 Å². The van der Waals surface area contributed by atoms with E-state index in [9.17, 15) is 9.59 Å². The van der Waals surface area contributed by atoms with E-state index >= 15 is 0 Å². The Morgan fingerprint density at radius 1 is 1.48 bits per heavy atom. The molecule has 0 heterocycles. The average Bonchev–Trinajstić information content (AvgIpc) is 2.58. The highest BCUT2D eigenvalue weighted by atomic mass is 16.5. The maximum Gasteiger partial charge on any atom is 0.320 e. The van der Waals surface area contributed by atoms with E-state index in [0.29, 0.717) is 31.2 Å². The molecule has 1 aliphatic rings. The van der Waals surface area contributed by atoms with Gasteiger partial charge in [-0.15, -0.1) is 0 Å². The molecule has 2 rings (SSSR count). The van der Waals surface area contributed by atoms with Gasteiger partial charge in [0.25, 0.3) is 0 Å². The number of rotatable bonds is 7. The summed E-state index contributed by atoms with van der Waals surface area (Å²) in [5.41, 5.74) is 8.71. The summed E-state index contributed by atoms with van der Waals surface area (Å²) in [4.78, 5) is 28.2. The van der Waals surface area contributed by atoms with Crippen LogP contribution in [0, 0.1) is 5.41 Å². The number of carbonyl (C=O) groups excluding carboxylic acids is 2. The van der Waals surface area contributed by atoms with Crippen molar-refractivity contribution < 1.29 is 14.3 Å². The molecule has 0 amide bonds. The summed E-state index contributed by atoms with van der Waals surface area (Å²) in [6, 6.07) is 7.34. The molecule has 0 aliphatic heterocycles. The summed E-state index contributed by atoms with van der Waals surface area (Å²) < 4.78 is 5.20. The Labute approximate surface area is 134 Å². The van der Waals surface area contributed by atoms with Gasteiger partial charge in [-0.25, -0.2) is 0 Å². The fourth-order valence-electron chi connectivity index (χ4n) is 2.98.